The highest BCUT2D eigenvalue weighted by molar-refractivity contribution is 5.99. The van der Waals surface area contributed by atoms with Crippen LogP contribution in [0.2, 0.25) is 0 Å². The first-order valence-electron chi connectivity index (χ1n) is 7.98. The molecule has 0 spiro atoms. The minimum atomic E-state index is -2.99. The van der Waals surface area contributed by atoms with Crippen molar-refractivity contribution in [1.29, 1.82) is 0 Å². The standard InChI is InChI=1S/C18H15F2NO7/c1-2-26-16-8-5-12(9-14(16)21(24)25)17(23)27-10-15(22)11-3-6-13(7-4-11)28-18(19)20/h3-9,18H,2,10H2,1H3. The maximum absolute atomic E-state index is 12.1. The lowest BCUT2D eigenvalue weighted by atomic mass is 10.1. The van der Waals surface area contributed by atoms with Gasteiger partial charge in [-0.3, -0.25) is 14.9 Å². The molecule has 0 aliphatic rings. The van der Waals surface area contributed by atoms with Crippen molar-refractivity contribution in [1.82, 2.24) is 0 Å². The van der Waals surface area contributed by atoms with Gasteiger partial charge in [0.05, 0.1) is 17.1 Å². The maximum Gasteiger partial charge on any atom is 0.387 e. The smallest absolute Gasteiger partial charge is 0.387 e. The average Bonchev–Trinajstić information content (AvgIpc) is 2.66. The number of Topliss-reactive ketones (excluding diaryl/α,β-unsaturated/α-hetero) is 1. The zero-order valence-electron chi connectivity index (χ0n) is 14.6. The van der Waals surface area contributed by atoms with Gasteiger partial charge >= 0.3 is 18.3 Å². The van der Waals surface area contributed by atoms with Gasteiger partial charge in [0.1, 0.15) is 5.75 Å². The van der Waals surface area contributed by atoms with Gasteiger partial charge in [0, 0.05) is 11.6 Å². The van der Waals surface area contributed by atoms with Crippen molar-refractivity contribution < 1.29 is 37.5 Å². The van der Waals surface area contributed by atoms with Crippen molar-refractivity contribution in [3.63, 3.8) is 0 Å². The van der Waals surface area contributed by atoms with Crippen LogP contribution in [0.3, 0.4) is 0 Å². The molecule has 28 heavy (non-hydrogen) atoms. The fraction of sp³-hybridized carbons (Fsp3) is 0.222. The van der Waals surface area contributed by atoms with Crippen molar-refractivity contribution in [3.8, 4) is 11.5 Å². The second-order valence-electron chi connectivity index (χ2n) is 5.27. The van der Waals surface area contributed by atoms with E-state index in [1.165, 1.54) is 36.4 Å². The largest absolute Gasteiger partial charge is 0.487 e. The van der Waals surface area contributed by atoms with Gasteiger partial charge in [-0.15, -0.1) is 0 Å². The SMILES string of the molecule is CCOc1ccc(C(=O)OCC(=O)c2ccc(OC(F)F)cc2)cc1[N+](=O)[O-]. The molecule has 0 unspecified atom stereocenters. The number of hydrogen-bond acceptors (Lipinski definition) is 7. The molecule has 0 N–H and O–H groups in total. The first-order valence-corrected chi connectivity index (χ1v) is 7.98. The molecule has 10 heteroatoms. The highest BCUT2D eigenvalue weighted by Crippen LogP contribution is 2.28. The molecule has 0 fully saturated rings. The Morgan fingerprint density at radius 1 is 1.11 bits per heavy atom. The molecule has 0 aromatic heterocycles. The number of ketones is 1. The van der Waals surface area contributed by atoms with Gasteiger partial charge in [0.15, 0.2) is 18.1 Å². The van der Waals surface area contributed by atoms with Crippen LogP contribution in [0.15, 0.2) is 42.5 Å². The summed E-state index contributed by atoms with van der Waals surface area (Å²) in [5.74, 6) is -1.63. The summed E-state index contributed by atoms with van der Waals surface area (Å²) < 4.78 is 38.4. The maximum atomic E-state index is 12.1. The van der Waals surface area contributed by atoms with Crippen LogP contribution >= 0.6 is 0 Å². The predicted octanol–water partition coefficient (Wildman–Crippen LogP) is 3.63. The van der Waals surface area contributed by atoms with Gasteiger partial charge in [-0.25, -0.2) is 4.79 Å². The highest BCUT2D eigenvalue weighted by Gasteiger charge is 2.20. The summed E-state index contributed by atoms with van der Waals surface area (Å²) in [5, 5.41) is 11.1. The topological polar surface area (TPSA) is 105 Å². The molecule has 2 aromatic rings. The van der Waals surface area contributed by atoms with Crippen molar-refractivity contribution in [2.45, 2.75) is 13.5 Å². The second-order valence-corrected chi connectivity index (χ2v) is 5.27. The number of esters is 1. The Morgan fingerprint density at radius 3 is 2.32 bits per heavy atom. The number of carbonyl (C=O) groups is 2. The lowest BCUT2D eigenvalue weighted by Crippen LogP contribution is -2.14. The van der Waals surface area contributed by atoms with E-state index in [1.807, 2.05) is 0 Å². The van der Waals surface area contributed by atoms with Gasteiger partial charge in [-0.1, -0.05) is 0 Å². The van der Waals surface area contributed by atoms with Gasteiger partial charge in [0.2, 0.25) is 0 Å². The minimum Gasteiger partial charge on any atom is -0.487 e. The Bertz CT molecular complexity index is 869. The van der Waals surface area contributed by atoms with E-state index in [1.54, 1.807) is 6.92 Å². The molecule has 0 atom stereocenters. The quantitative estimate of drug-likeness (QED) is 0.276. The lowest BCUT2D eigenvalue weighted by molar-refractivity contribution is -0.385. The van der Waals surface area contributed by atoms with Crippen LogP contribution in [0.4, 0.5) is 14.5 Å². The first kappa shape index (κ1) is 20.7. The van der Waals surface area contributed by atoms with Crippen molar-refractivity contribution >= 4 is 17.4 Å². The molecular weight excluding hydrogens is 380 g/mol. The molecule has 0 aliphatic heterocycles. The number of ether oxygens (including phenoxy) is 3. The van der Waals surface area contributed by atoms with E-state index in [0.29, 0.717) is 0 Å². The summed E-state index contributed by atoms with van der Waals surface area (Å²) in [4.78, 5) is 34.5. The predicted molar refractivity (Wildman–Crippen MR) is 92.0 cm³/mol. The second kappa shape index (κ2) is 9.40. The zero-order chi connectivity index (χ0) is 20.7. The lowest BCUT2D eigenvalue weighted by Gasteiger charge is -2.08. The summed E-state index contributed by atoms with van der Waals surface area (Å²) in [5.41, 5.74) is -0.409. The third-order valence-corrected chi connectivity index (χ3v) is 3.43. The number of rotatable bonds is 9. The number of nitrogens with zero attached hydrogens (tertiary/aromatic N) is 1. The summed E-state index contributed by atoms with van der Waals surface area (Å²) in [7, 11) is 0. The zero-order valence-corrected chi connectivity index (χ0v) is 14.6. The van der Waals surface area contributed by atoms with Gasteiger partial charge in [-0.2, -0.15) is 8.78 Å². The number of hydrogen-bond donors (Lipinski definition) is 0. The number of halogens is 2. The van der Waals surface area contributed by atoms with E-state index in [4.69, 9.17) is 9.47 Å². The number of carbonyl (C=O) groups excluding carboxylic acids is 2. The molecule has 2 rings (SSSR count). The van der Waals surface area contributed by atoms with Gasteiger partial charge in [0.25, 0.3) is 0 Å². The van der Waals surface area contributed by atoms with Crippen LogP contribution in [0.25, 0.3) is 0 Å². The van der Waals surface area contributed by atoms with Gasteiger partial charge < -0.3 is 14.2 Å². The Morgan fingerprint density at radius 2 is 1.75 bits per heavy atom. The molecule has 8 nitrogen and oxygen atoms in total. The van der Waals surface area contributed by atoms with Crippen LogP contribution in [-0.2, 0) is 4.74 Å². The van der Waals surface area contributed by atoms with Crippen LogP contribution < -0.4 is 9.47 Å². The van der Waals surface area contributed by atoms with E-state index >= 15 is 0 Å². The van der Waals surface area contributed by atoms with Gasteiger partial charge in [-0.05, 0) is 43.3 Å². The average molecular weight is 395 g/mol. The van der Waals surface area contributed by atoms with Crippen LogP contribution in [0, 0.1) is 10.1 Å². The fourth-order valence-corrected chi connectivity index (χ4v) is 2.18. The third-order valence-electron chi connectivity index (χ3n) is 3.43. The first-order chi connectivity index (χ1) is 13.3. The van der Waals surface area contributed by atoms with E-state index in [-0.39, 0.29) is 29.2 Å². The number of nitro groups is 1. The van der Waals surface area contributed by atoms with Crippen molar-refractivity contribution in [3.05, 3.63) is 63.7 Å². The molecule has 0 heterocycles. The summed E-state index contributed by atoms with van der Waals surface area (Å²) in [6.45, 7) is -1.75. The van der Waals surface area contributed by atoms with E-state index in [9.17, 15) is 28.5 Å². The Hall–Kier alpha value is -3.56. The van der Waals surface area contributed by atoms with Crippen LogP contribution in [-0.4, -0.2) is 36.5 Å². The van der Waals surface area contributed by atoms with E-state index in [2.05, 4.69) is 4.74 Å². The van der Waals surface area contributed by atoms with E-state index in [0.717, 1.165) is 6.07 Å². The fourth-order valence-electron chi connectivity index (χ4n) is 2.18. The summed E-state index contributed by atoms with van der Waals surface area (Å²) >= 11 is 0. The number of alkyl halides is 2. The number of nitro benzene ring substituents is 1. The summed E-state index contributed by atoms with van der Waals surface area (Å²) in [6.07, 6.45) is 0. The molecular formula is C18H15F2NO7. The monoisotopic (exact) mass is 395 g/mol. The highest BCUT2D eigenvalue weighted by atomic mass is 19.3. The molecule has 0 radical (unpaired) electrons. The molecule has 0 saturated heterocycles. The van der Waals surface area contributed by atoms with Crippen molar-refractivity contribution in [2.24, 2.45) is 0 Å². The Kier molecular flexibility index (Phi) is 6.96. The van der Waals surface area contributed by atoms with E-state index < -0.39 is 35.6 Å². The summed E-state index contributed by atoms with van der Waals surface area (Å²) in [6, 6.07) is 8.39. The normalized spacial score (nSPS) is 10.4. The van der Waals surface area contributed by atoms with Crippen LogP contribution in [0.5, 0.6) is 11.5 Å². The molecule has 0 aliphatic carbocycles. The molecule has 0 bridgehead atoms. The minimum absolute atomic E-state index is 0.00577. The molecule has 2 aromatic carbocycles. The van der Waals surface area contributed by atoms with Crippen molar-refractivity contribution in [2.75, 3.05) is 13.2 Å². The number of benzene rings is 2. The molecule has 0 amide bonds. The Balaban J connectivity index is 2.02. The Labute approximate surface area is 157 Å². The third kappa shape index (κ3) is 5.47. The van der Waals surface area contributed by atoms with Crippen LogP contribution in [0.1, 0.15) is 27.6 Å². The molecule has 148 valence electrons. The molecule has 0 saturated carbocycles.